The van der Waals surface area contributed by atoms with Crippen molar-refractivity contribution >= 4 is 15.7 Å². The second kappa shape index (κ2) is 5.04. The van der Waals surface area contributed by atoms with Crippen molar-refractivity contribution in [2.24, 2.45) is 0 Å². The monoisotopic (exact) mass is 305 g/mol. The minimum absolute atomic E-state index is 0.0339. The Labute approximate surface area is 122 Å². The van der Waals surface area contributed by atoms with E-state index in [1.807, 2.05) is 0 Å². The average molecular weight is 305 g/mol. The molecule has 0 radical (unpaired) electrons. The molecule has 0 saturated carbocycles. The van der Waals surface area contributed by atoms with Gasteiger partial charge in [0.2, 0.25) is 0 Å². The Kier molecular flexibility index (Phi) is 3.33. The first-order valence-corrected chi connectivity index (χ1v) is 8.31. The highest BCUT2D eigenvalue weighted by Crippen LogP contribution is 2.32. The van der Waals surface area contributed by atoms with Crippen LogP contribution in [-0.4, -0.2) is 20.1 Å². The molecule has 0 aliphatic carbocycles. The summed E-state index contributed by atoms with van der Waals surface area (Å²) in [4.78, 5) is 12.4. The van der Waals surface area contributed by atoms with Gasteiger partial charge in [0, 0.05) is 0 Å². The SMILES string of the molecule is Cc1ccc(C(=O)N[C@@H]2CCS(=O)(=O)c3ccccc32)o1. The first-order chi connectivity index (χ1) is 9.97. The standard InChI is InChI=1S/C15H15NO4S/c1-10-6-7-13(20-10)15(17)16-12-8-9-21(18,19)14-5-3-2-4-11(12)14/h2-7,12H,8-9H2,1H3,(H,16,17)/t12-/m1/s1. The summed E-state index contributed by atoms with van der Waals surface area (Å²) >= 11 is 0. The summed E-state index contributed by atoms with van der Waals surface area (Å²) in [6.45, 7) is 1.76. The lowest BCUT2D eigenvalue weighted by Crippen LogP contribution is -2.33. The molecule has 1 aliphatic rings. The third kappa shape index (κ3) is 2.58. The molecule has 6 heteroatoms. The molecule has 0 fully saturated rings. The highest BCUT2D eigenvalue weighted by atomic mass is 32.2. The summed E-state index contributed by atoms with van der Waals surface area (Å²) in [5.41, 5.74) is 0.639. The molecule has 21 heavy (non-hydrogen) atoms. The van der Waals surface area contributed by atoms with Gasteiger partial charge in [0.1, 0.15) is 5.76 Å². The molecule has 2 aromatic rings. The normalized spacial score (nSPS) is 19.8. The Morgan fingerprint density at radius 3 is 2.71 bits per heavy atom. The lowest BCUT2D eigenvalue weighted by atomic mass is 10.0. The van der Waals surface area contributed by atoms with E-state index in [2.05, 4.69) is 5.32 Å². The molecule has 0 spiro atoms. The molecule has 1 aromatic heterocycles. The number of hydrogen-bond donors (Lipinski definition) is 1. The molecule has 0 bridgehead atoms. The molecule has 1 aliphatic heterocycles. The third-order valence-corrected chi connectivity index (χ3v) is 5.39. The minimum Gasteiger partial charge on any atom is -0.456 e. The first-order valence-electron chi connectivity index (χ1n) is 6.66. The molecule has 0 unspecified atom stereocenters. The quantitative estimate of drug-likeness (QED) is 0.923. The van der Waals surface area contributed by atoms with E-state index in [1.165, 1.54) is 0 Å². The number of carbonyl (C=O) groups excluding carboxylic acids is 1. The van der Waals surface area contributed by atoms with Crippen molar-refractivity contribution in [3.8, 4) is 0 Å². The van der Waals surface area contributed by atoms with E-state index in [9.17, 15) is 13.2 Å². The summed E-state index contributed by atoms with van der Waals surface area (Å²) in [5, 5.41) is 2.85. The molecular formula is C15H15NO4S. The molecular weight excluding hydrogens is 290 g/mol. The van der Waals surface area contributed by atoms with Gasteiger partial charge in [-0.3, -0.25) is 4.79 Å². The largest absolute Gasteiger partial charge is 0.456 e. The van der Waals surface area contributed by atoms with Gasteiger partial charge in [-0.05, 0) is 37.1 Å². The van der Waals surface area contributed by atoms with E-state index in [1.54, 1.807) is 43.3 Å². The van der Waals surface area contributed by atoms with Gasteiger partial charge in [0.15, 0.2) is 15.6 Å². The zero-order chi connectivity index (χ0) is 15.0. The fraction of sp³-hybridized carbons (Fsp3) is 0.267. The maximum atomic E-state index is 12.1. The van der Waals surface area contributed by atoms with Crippen LogP contribution in [-0.2, 0) is 9.84 Å². The number of aryl methyl sites for hydroxylation is 1. The number of hydrogen-bond acceptors (Lipinski definition) is 4. The Balaban J connectivity index is 1.89. The topological polar surface area (TPSA) is 76.4 Å². The highest BCUT2D eigenvalue weighted by Gasteiger charge is 2.31. The van der Waals surface area contributed by atoms with Crippen molar-refractivity contribution in [1.29, 1.82) is 0 Å². The van der Waals surface area contributed by atoms with Crippen molar-refractivity contribution in [3.63, 3.8) is 0 Å². The number of amides is 1. The fourth-order valence-corrected chi connectivity index (χ4v) is 4.15. The Morgan fingerprint density at radius 1 is 1.24 bits per heavy atom. The molecule has 5 nitrogen and oxygen atoms in total. The number of benzene rings is 1. The second-order valence-electron chi connectivity index (χ2n) is 5.08. The van der Waals surface area contributed by atoms with E-state index >= 15 is 0 Å². The number of nitrogens with one attached hydrogen (secondary N) is 1. The van der Waals surface area contributed by atoms with Crippen LogP contribution >= 0.6 is 0 Å². The van der Waals surface area contributed by atoms with Gasteiger partial charge in [-0.2, -0.15) is 0 Å². The van der Waals surface area contributed by atoms with Gasteiger partial charge in [-0.1, -0.05) is 18.2 Å². The lowest BCUT2D eigenvalue weighted by Gasteiger charge is -2.25. The zero-order valence-electron chi connectivity index (χ0n) is 11.5. The smallest absolute Gasteiger partial charge is 0.287 e. The second-order valence-corrected chi connectivity index (χ2v) is 7.16. The van der Waals surface area contributed by atoms with Crippen molar-refractivity contribution in [2.75, 3.05) is 5.75 Å². The Morgan fingerprint density at radius 2 is 2.00 bits per heavy atom. The number of fused-ring (bicyclic) bond motifs is 1. The summed E-state index contributed by atoms with van der Waals surface area (Å²) in [7, 11) is -3.25. The maximum absolute atomic E-state index is 12.1. The summed E-state index contributed by atoms with van der Waals surface area (Å²) in [6, 6.07) is 9.80. The molecule has 1 aromatic carbocycles. The van der Waals surface area contributed by atoms with E-state index in [4.69, 9.17) is 4.42 Å². The fourth-order valence-electron chi connectivity index (χ4n) is 2.53. The van der Waals surface area contributed by atoms with Gasteiger partial charge in [-0.25, -0.2) is 8.42 Å². The van der Waals surface area contributed by atoms with E-state index in [0.29, 0.717) is 22.6 Å². The van der Waals surface area contributed by atoms with Crippen LogP contribution < -0.4 is 5.32 Å². The van der Waals surface area contributed by atoms with Gasteiger partial charge in [0.25, 0.3) is 5.91 Å². The van der Waals surface area contributed by atoms with Crippen LogP contribution in [0.4, 0.5) is 0 Å². The predicted molar refractivity (Wildman–Crippen MR) is 76.8 cm³/mol. The Bertz CT molecular complexity index is 792. The number of furan rings is 1. The van der Waals surface area contributed by atoms with Crippen LogP contribution in [0.2, 0.25) is 0 Å². The molecule has 3 rings (SSSR count). The van der Waals surface area contributed by atoms with Crippen LogP contribution in [0.3, 0.4) is 0 Å². The molecule has 0 saturated heterocycles. The predicted octanol–water partition coefficient (Wildman–Crippen LogP) is 2.24. The summed E-state index contributed by atoms with van der Waals surface area (Å²) < 4.78 is 29.4. The van der Waals surface area contributed by atoms with Crippen LogP contribution in [0.25, 0.3) is 0 Å². The number of sulfone groups is 1. The molecule has 1 atom stereocenters. The van der Waals surface area contributed by atoms with E-state index in [-0.39, 0.29) is 23.5 Å². The lowest BCUT2D eigenvalue weighted by molar-refractivity contribution is 0.0905. The van der Waals surface area contributed by atoms with E-state index < -0.39 is 9.84 Å². The van der Waals surface area contributed by atoms with E-state index in [0.717, 1.165) is 0 Å². The van der Waals surface area contributed by atoms with Gasteiger partial charge < -0.3 is 9.73 Å². The van der Waals surface area contributed by atoms with Crippen LogP contribution in [0.5, 0.6) is 0 Å². The van der Waals surface area contributed by atoms with Crippen LogP contribution in [0.15, 0.2) is 45.7 Å². The van der Waals surface area contributed by atoms with Crippen molar-refractivity contribution < 1.29 is 17.6 Å². The number of rotatable bonds is 2. The molecule has 2 heterocycles. The highest BCUT2D eigenvalue weighted by molar-refractivity contribution is 7.91. The summed E-state index contributed by atoms with van der Waals surface area (Å²) in [5.74, 6) is 0.596. The summed E-state index contributed by atoms with van der Waals surface area (Å²) in [6.07, 6.45) is 0.366. The average Bonchev–Trinajstić information content (AvgIpc) is 2.89. The molecule has 1 N–H and O–H groups in total. The van der Waals surface area contributed by atoms with Crippen LogP contribution in [0, 0.1) is 6.92 Å². The molecule has 110 valence electrons. The minimum atomic E-state index is -3.25. The number of carbonyl (C=O) groups is 1. The first kappa shape index (κ1) is 13.9. The van der Waals surface area contributed by atoms with Gasteiger partial charge >= 0.3 is 0 Å². The maximum Gasteiger partial charge on any atom is 0.287 e. The van der Waals surface area contributed by atoms with Crippen molar-refractivity contribution in [3.05, 3.63) is 53.5 Å². The molecule has 1 amide bonds. The Hall–Kier alpha value is -2.08. The van der Waals surface area contributed by atoms with Crippen molar-refractivity contribution in [1.82, 2.24) is 5.32 Å². The van der Waals surface area contributed by atoms with Crippen molar-refractivity contribution in [2.45, 2.75) is 24.3 Å². The van der Waals surface area contributed by atoms with Crippen LogP contribution in [0.1, 0.15) is 34.3 Å². The van der Waals surface area contributed by atoms with Gasteiger partial charge in [-0.15, -0.1) is 0 Å². The third-order valence-electron chi connectivity index (χ3n) is 3.57. The zero-order valence-corrected chi connectivity index (χ0v) is 12.3. The van der Waals surface area contributed by atoms with Gasteiger partial charge in [0.05, 0.1) is 16.7 Å².